The number of nitrogens with zero attached hydrogens (tertiary/aromatic N) is 1. The first-order valence-corrected chi connectivity index (χ1v) is 7.90. The third kappa shape index (κ3) is 5.49. The van der Waals surface area contributed by atoms with Gasteiger partial charge in [-0.2, -0.15) is 0 Å². The van der Waals surface area contributed by atoms with Crippen LogP contribution >= 0.6 is 0 Å². The standard InChI is InChI=1S/C16H28N2O5/c1-10(2)13(15(21)23-16(3,4)5)18-8-7-11(14(18)20)17-9-12(19)22-6/h10-11,13,17H,7-9H2,1-6H3/t11-,13+/m0/s1. The Balaban J connectivity index is 2.76. The molecule has 0 aromatic carbocycles. The van der Waals surface area contributed by atoms with Gasteiger partial charge >= 0.3 is 11.9 Å². The number of carbonyl (C=O) groups is 3. The molecule has 1 rings (SSSR count). The molecule has 7 nitrogen and oxygen atoms in total. The molecule has 0 spiro atoms. The quantitative estimate of drug-likeness (QED) is 0.723. The molecule has 7 heteroatoms. The van der Waals surface area contributed by atoms with Crippen molar-refractivity contribution in [2.75, 3.05) is 20.2 Å². The minimum Gasteiger partial charge on any atom is -0.468 e. The number of likely N-dealkylation sites (tertiary alicyclic amines) is 1. The average Bonchev–Trinajstić information content (AvgIpc) is 2.75. The third-order valence-electron chi connectivity index (χ3n) is 3.58. The Labute approximate surface area is 137 Å². The van der Waals surface area contributed by atoms with Crippen molar-refractivity contribution in [3.63, 3.8) is 0 Å². The third-order valence-corrected chi connectivity index (χ3v) is 3.58. The molecule has 23 heavy (non-hydrogen) atoms. The van der Waals surface area contributed by atoms with Gasteiger partial charge in [-0.3, -0.25) is 14.9 Å². The highest BCUT2D eigenvalue weighted by atomic mass is 16.6. The van der Waals surface area contributed by atoms with Crippen LogP contribution in [0.2, 0.25) is 0 Å². The number of hydrogen-bond acceptors (Lipinski definition) is 6. The summed E-state index contributed by atoms with van der Waals surface area (Å²) in [7, 11) is 1.30. The summed E-state index contributed by atoms with van der Waals surface area (Å²) >= 11 is 0. The lowest BCUT2D eigenvalue weighted by atomic mass is 10.0. The van der Waals surface area contributed by atoms with E-state index in [1.807, 2.05) is 13.8 Å². The largest absolute Gasteiger partial charge is 0.468 e. The molecular formula is C16H28N2O5. The summed E-state index contributed by atoms with van der Waals surface area (Å²) in [6.07, 6.45) is 0.543. The molecule has 0 saturated carbocycles. The topological polar surface area (TPSA) is 84.9 Å². The lowest BCUT2D eigenvalue weighted by molar-refractivity contribution is -0.166. The highest BCUT2D eigenvalue weighted by molar-refractivity contribution is 5.90. The zero-order valence-corrected chi connectivity index (χ0v) is 14.8. The maximum Gasteiger partial charge on any atom is 0.329 e. The van der Waals surface area contributed by atoms with Crippen LogP contribution in [0.4, 0.5) is 0 Å². The summed E-state index contributed by atoms with van der Waals surface area (Å²) in [5.74, 6) is -1.06. The van der Waals surface area contributed by atoms with Crippen molar-refractivity contribution in [1.29, 1.82) is 0 Å². The van der Waals surface area contributed by atoms with Crippen LogP contribution in [0.5, 0.6) is 0 Å². The van der Waals surface area contributed by atoms with Gasteiger partial charge in [0.25, 0.3) is 0 Å². The van der Waals surface area contributed by atoms with Gasteiger partial charge in [-0.05, 0) is 33.1 Å². The van der Waals surface area contributed by atoms with E-state index in [2.05, 4.69) is 10.1 Å². The Morgan fingerprint density at radius 3 is 2.43 bits per heavy atom. The van der Waals surface area contributed by atoms with E-state index < -0.39 is 29.6 Å². The summed E-state index contributed by atoms with van der Waals surface area (Å²) in [6, 6.07) is -1.09. The number of ether oxygens (including phenoxy) is 2. The van der Waals surface area contributed by atoms with Gasteiger partial charge in [0.1, 0.15) is 11.6 Å². The van der Waals surface area contributed by atoms with Crippen molar-refractivity contribution < 1.29 is 23.9 Å². The second-order valence-corrected chi connectivity index (χ2v) is 7.05. The SMILES string of the molecule is COC(=O)CN[C@H]1CCN([C@@H](C(=O)OC(C)(C)C)C(C)C)C1=O. The van der Waals surface area contributed by atoms with Crippen LogP contribution < -0.4 is 5.32 Å². The van der Waals surface area contributed by atoms with Crippen LogP contribution in [-0.4, -0.2) is 60.6 Å². The minimum atomic E-state index is -0.619. The average molecular weight is 328 g/mol. The number of hydrogen-bond donors (Lipinski definition) is 1. The summed E-state index contributed by atoms with van der Waals surface area (Å²) in [5.41, 5.74) is -0.602. The van der Waals surface area contributed by atoms with Crippen LogP contribution in [0.25, 0.3) is 0 Å². The van der Waals surface area contributed by atoms with Crippen molar-refractivity contribution >= 4 is 17.8 Å². The summed E-state index contributed by atoms with van der Waals surface area (Å²) in [5, 5.41) is 2.88. The molecular weight excluding hydrogens is 300 g/mol. The maximum absolute atomic E-state index is 12.5. The predicted octanol–water partition coefficient (Wildman–Crippen LogP) is 0.716. The number of carbonyl (C=O) groups excluding carboxylic acids is 3. The van der Waals surface area contributed by atoms with Gasteiger partial charge < -0.3 is 14.4 Å². The summed E-state index contributed by atoms with van der Waals surface area (Å²) in [4.78, 5) is 37.7. The number of esters is 2. The molecule has 1 fully saturated rings. The Hall–Kier alpha value is -1.63. The summed E-state index contributed by atoms with van der Waals surface area (Å²) < 4.78 is 10.00. The van der Waals surface area contributed by atoms with Gasteiger partial charge in [0.2, 0.25) is 5.91 Å². The monoisotopic (exact) mass is 328 g/mol. The fraction of sp³-hybridized carbons (Fsp3) is 0.812. The fourth-order valence-electron chi connectivity index (χ4n) is 2.57. The second-order valence-electron chi connectivity index (χ2n) is 7.05. The first-order chi connectivity index (χ1) is 10.6. The smallest absolute Gasteiger partial charge is 0.329 e. The van der Waals surface area contributed by atoms with E-state index in [9.17, 15) is 14.4 Å². The van der Waals surface area contributed by atoms with Gasteiger partial charge in [-0.15, -0.1) is 0 Å². The van der Waals surface area contributed by atoms with E-state index in [1.165, 1.54) is 7.11 Å². The van der Waals surface area contributed by atoms with Gasteiger partial charge in [-0.1, -0.05) is 13.8 Å². The van der Waals surface area contributed by atoms with Crippen LogP contribution in [-0.2, 0) is 23.9 Å². The van der Waals surface area contributed by atoms with E-state index in [4.69, 9.17) is 4.74 Å². The molecule has 0 bridgehead atoms. The van der Waals surface area contributed by atoms with Gasteiger partial charge in [-0.25, -0.2) is 4.79 Å². The normalized spacial score (nSPS) is 19.9. The zero-order chi connectivity index (χ0) is 17.8. The van der Waals surface area contributed by atoms with E-state index >= 15 is 0 Å². The van der Waals surface area contributed by atoms with Gasteiger partial charge in [0.05, 0.1) is 19.7 Å². The van der Waals surface area contributed by atoms with Crippen LogP contribution in [0.3, 0.4) is 0 Å². The predicted molar refractivity (Wildman–Crippen MR) is 84.6 cm³/mol. The van der Waals surface area contributed by atoms with Crippen LogP contribution in [0.15, 0.2) is 0 Å². The van der Waals surface area contributed by atoms with Crippen molar-refractivity contribution in [1.82, 2.24) is 10.2 Å². The van der Waals surface area contributed by atoms with Crippen molar-refractivity contribution in [3.8, 4) is 0 Å². The molecule has 0 aromatic heterocycles. The Morgan fingerprint density at radius 1 is 1.35 bits per heavy atom. The molecule has 1 heterocycles. The summed E-state index contributed by atoms with van der Waals surface area (Å²) in [6.45, 7) is 9.60. The molecule has 0 aliphatic carbocycles. The molecule has 0 unspecified atom stereocenters. The first-order valence-electron chi connectivity index (χ1n) is 7.90. The Morgan fingerprint density at radius 2 is 1.96 bits per heavy atom. The van der Waals surface area contributed by atoms with Gasteiger partial charge in [0.15, 0.2) is 0 Å². The van der Waals surface area contributed by atoms with Crippen LogP contribution in [0, 0.1) is 5.92 Å². The highest BCUT2D eigenvalue weighted by Gasteiger charge is 2.41. The van der Waals surface area contributed by atoms with E-state index in [1.54, 1.807) is 25.7 Å². The molecule has 1 aliphatic rings. The zero-order valence-electron chi connectivity index (χ0n) is 14.8. The number of nitrogens with one attached hydrogen (secondary N) is 1. The molecule has 1 aliphatic heterocycles. The lowest BCUT2D eigenvalue weighted by Gasteiger charge is -2.32. The molecule has 1 amide bonds. The van der Waals surface area contributed by atoms with E-state index in [-0.39, 0.29) is 18.4 Å². The maximum atomic E-state index is 12.5. The van der Waals surface area contributed by atoms with Crippen LogP contribution in [0.1, 0.15) is 41.0 Å². The number of amides is 1. The van der Waals surface area contributed by atoms with Crippen molar-refractivity contribution in [3.05, 3.63) is 0 Å². The number of methoxy groups -OCH3 is 1. The molecule has 0 aromatic rings. The Bertz CT molecular complexity index is 456. The Kier molecular flexibility index (Phi) is 6.56. The first kappa shape index (κ1) is 19.4. The number of rotatable bonds is 6. The van der Waals surface area contributed by atoms with Gasteiger partial charge in [0, 0.05) is 6.54 Å². The molecule has 1 saturated heterocycles. The van der Waals surface area contributed by atoms with Crippen molar-refractivity contribution in [2.45, 2.75) is 58.7 Å². The van der Waals surface area contributed by atoms with Crippen molar-refractivity contribution in [2.24, 2.45) is 5.92 Å². The minimum absolute atomic E-state index is 0.0282. The highest BCUT2D eigenvalue weighted by Crippen LogP contribution is 2.22. The fourth-order valence-corrected chi connectivity index (χ4v) is 2.57. The molecule has 132 valence electrons. The molecule has 1 N–H and O–H groups in total. The molecule has 0 radical (unpaired) electrons. The second kappa shape index (κ2) is 7.77. The van der Waals surface area contributed by atoms with E-state index in [0.717, 1.165) is 0 Å². The van der Waals surface area contributed by atoms with E-state index in [0.29, 0.717) is 13.0 Å². The lowest BCUT2D eigenvalue weighted by Crippen LogP contribution is -2.50. The molecule has 2 atom stereocenters.